The summed E-state index contributed by atoms with van der Waals surface area (Å²) < 4.78 is 4.43. The molecule has 1 aromatic rings. The third-order valence-electron chi connectivity index (χ3n) is 1.73. The molecule has 0 atom stereocenters. The molecular weight excluding hydrogens is 192 g/mol. The van der Waals surface area contributed by atoms with E-state index in [1.807, 2.05) is 6.08 Å². The quantitative estimate of drug-likeness (QED) is 0.466. The summed E-state index contributed by atoms with van der Waals surface area (Å²) in [5.41, 5.74) is 0.947. The van der Waals surface area contributed by atoms with Crippen molar-refractivity contribution in [1.82, 2.24) is 0 Å². The number of phenols is 1. The van der Waals surface area contributed by atoms with Crippen molar-refractivity contribution in [2.45, 2.75) is 0 Å². The summed E-state index contributed by atoms with van der Waals surface area (Å²) in [4.78, 5) is 10.7. The van der Waals surface area contributed by atoms with Gasteiger partial charge in [0.05, 0.1) is 7.11 Å². The molecule has 15 heavy (non-hydrogen) atoms. The van der Waals surface area contributed by atoms with Crippen LogP contribution in [0.1, 0.15) is 5.56 Å². The molecule has 0 unspecified atom stereocenters. The Bertz CT molecular complexity index is 374. The van der Waals surface area contributed by atoms with Crippen LogP contribution in [0.4, 0.5) is 0 Å². The molecule has 0 saturated carbocycles. The molecule has 0 heterocycles. The third kappa shape index (κ3) is 4.13. The van der Waals surface area contributed by atoms with Crippen molar-refractivity contribution in [2.75, 3.05) is 7.11 Å². The highest BCUT2D eigenvalue weighted by Gasteiger charge is 1.88. The monoisotopic (exact) mass is 204 g/mol. The van der Waals surface area contributed by atoms with Gasteiger partial charge in [-0.2, -0.15) is 0 Å². The first kappa shape index (κ1) is 11.0. The molecule has 0 aromatic heterocycles. The normalized spacial score (nSPS) is 11.0. The maximum atomic E-state index is 10.7. The number of ether oxygens (including phenoxy) is 1. The minimum atomic E-state index is -0.384. The largest absolute Gasteiger partial charge is 0.508 e. The van der Waals surface area contributed by atoms with Crippen molar-refractivity contribution in [3.63, 3.8) is 0 Å². The van der Waals surface area contributed by atoms with Crippen LogP contribution >= 0.6 is 0 Å². The van der Waals surface area contributed by atoms with E-state index in [4.69, 9.17) is 5.11 Å². The van der Waals surface area contributed by atoms with Crippen molar-refractivity contribution in [3.8, 4) is 5.75 Å². The molecule has 0 aliphatic heterocycles. The van der Waals surface area contributed by atoms with Crippen molar-refractivity contribution >= 4 is 12.0 Å². The molecule has 0 aliphatic carbocycles. The standard InChI is InChI=1S/C12H12O3/c1-15-12(14)5-3-2-4-10-6-8-11(13)9-7-10/h2-9,13H,1H3. The van der Waals surface area contributed by atoms with Crippen molar-refractivity contribution in [3.05, 3.63) is 48.1 Å². The molecule has 78 valence electrons. The van der Waals surface area contributed by atoms with Crippen LogP contribution in [0.15, 0.2) is 42.5 Å². The van der Waals surface area contributed by atoms with Gasteiger partial charge in [-0.05, 0) is 17.7 Å². The fourth-order valence-electron chi connectivity index (χ4n) is 0.954. The Morgan fingerprint density at radius 3 is 2.53 bits per heavy atom. The first-order valence-electron chi connectivity index (χ1n) is 4.44. The number of phenolic OH excluding ortho intramolecular Hbond substituents is 1. The Balaban J connectivity index is 2.55. The van der Waals surface area contributed by atoms with Crippen LogP contribution in [0.25, 0.3) is 6.08 Å². The molecule has 1 rings (SSSR count). The average molecular weight is 204 g/mol. The highest BCUT2D eigenvalue weighted by Crippen LogP contribution is 2.10. The number of aromatic hydroxyl groups is 1. The van der Waals surface area contributed by atoms with Gasteiger partial charge in [0.2, 0.25) is 0 Å². The maximum absolute atomic E-state index is 10.7. The first-order chi connectivity index (χ1) is 7.22. The van der Waals surface area contributed by atoms with Crippen molar-refractivity contribution in [2.24, 2.45) is 0 Å². The van der Waals surface area contributed by atoms with Gasteiger partial charge in [0.25, 0.3) is 0 Å². The van der Waals surface area contributed by atoms with Gasteiger partial charge < -0.3 is 9.84 Å². The Hall–Kier alpha value is -2.03. The summed E-state index contributed by atoms with van der Waals surface area (Å²) in [5, 5.41) is 9.03. The molecule has 1 aromatic carbocycles. The fraction of sp³-hybridized carbons (Fsp3) is 0.0833. The topological polar surface area (TPSA) is 46.5 Å². The van der Waals surface area contributed by atoms with E-state index in [1.54, 1.807) is 36.4 Å². The van der Waals surface area contributed by atoms with E-state index >= 15 is 0 Å². The molecule has 3 heteroatoms. The van der Waals surface area contributed by atoms with E-state index in [1.165, 1.54) is 13.2 Å². The number of allylic oxidation sites excluding steroid dienone is 2. The third-order valence-corrected chi connectivity index (χ3v) is 1.73. The lowest BCUT2D eigenvalue weighted by atomic mass is 10.2. The van der Waals surface area contributed by atoms with Crippen LogP contribution in [-0.4, -0.2) is 18.2 Å². The van der Waals surface area contributed by atoms with E-state index in [0.717, 1.165) is 5.56 Å². The number of hydrogen-bond acceptors (Lipinski definition) is 3. The molecule has 0 fully saturated rings. The number of esters is 1. The predicted octanol–water partition coefficient (Wildman–Crippen LogP) is 2.13. The summed E-state index contributed by atoms with van der Waals surface area (Å²) >= 11 is 0. The molecule has 0 radical (unpaired) electrons. The van der Waals surface area contributed by atoms with Crippen LogP contribution in [0.5, 0.6) is 5.75 Å². The smallest absolute Gasteiger partial charge is 0.330 e. The van der Waals surface area contributed by atoms with Crippen LogP contribution in [0.3, 0.4) is 0 Å². The SMILES string of the molecule is COC(=O)C=CC=Cc1ccc(O)cc1. The van der Waals surface area contributed by atoms with Gasteiger partial charge in [-0.15, -0.1) is 0 Å². The van der Waals surface area contributed by atoms with Gasteiger partial charge in [0.1, 0.15) is 5.75 Å². The summed E-state index contributed by atoms with van der Waals surface area (Å²) in [7, 11) is 1.33. The van der Waals surface area contributed by atoms with Gasteiger partial charge in [0.15, 0.2) is 0 Å². The molecule has 0 saturated heterocycles. The van der Waals surface area contributed by atoms with E-state index < -0.39 is 0 Å². The number of hydrogen-bond donors (Lipinski definition) is 1. The second-order valence-electron chi connectivity index (χ2n) is 2.83. The number of benzene rings is 1. The lowest BCUT2D eigenvalue weighted by Gasteiger charge is -1.92. The second-order valence-corrected chi connectivity index (χ2v) is 2.83. The minimum Gasteiger partial charge on any atom is -0.508 e. The molecule has 0 spiro atoms. The van der Waals surface area contributed by atoms with Crippen molar-refractivity contribution in [1.29, 1.82) is 0 Å². The minimum absolute atomic E-state index is 0.234. The van der Waals surface area contributed by atoms with Crippen LogP contribution in [0.2, 0.25) is 0 Å². The molecule has 0 aliphatic rings. The summed E-state index contributed by atoms with van der Waals surface area (Å²) in [6.07, 6.45) is 6.47. The zero-order chi connectivity index (χ0) is 11.1. The van der Waals surface area contributed by atoms with Crippen LogP contribution in [0, 0.1) is 0 Å². The highest BCUT2D eigenvalue weighted by atomic mass is 16.5. The predicted molar refractivity (Wildman–Crippen MR) is 58.3 cm³/mol. The number of carbonyl (C=O) groups is 1. The maximum Gasteiger partial charge on any atom is 0.330 e. The Kier molecular flexibility index (Phi) is 4.16. The van der Waals surface area contributed by atoms with E-state index in [9.17, 15) is 4.79 Å². The lowest BCUT2D eigenvalue weighted by Crippen LogP contribution is -1.92. The summed E-state index contributed by atoms with van der Waals surface area (Å²) in [6.45, 7) is 0. The number of methoxy groups -OCH3 is 1. The van der Waals surface area contributed by atoms with E-state index in [2.05, 4.69) is 4.74 Å². The zero-order valence-electron chi connectivity index (χ0n) is 8.38. The molecule has 0 bridgehead atoms. The van der Waals surface area contributed by atoms with Gasteiger partial charge in [0, 0.05) is 6.08 Å². The van der Waals surface area contributed by atoms with Crippen LogP contribution < -0.4 is 0 Å². The molecule has 1 N–H and O–H groups in total. The summed E-state index contributed by atoms with van der Waals surface area (Å²) in [5.74, 6) is -0.150. The first-order valence-corrected chi connectivity index (χ1v) is 4.44. The van der Waals surface area contributed by atoms with E-state index in [-0.39, 0.29) is 11.7 Å². The Labute approximate surface area is 88.3 Å². The van der Waals surface area contributed by atoms with Gasteiger partial charge in [-0.1, -0.05) is 30.4 Å². The molecule has 0 amide bonds. The summed E-state index contributed by atoms with van der Waals surface area (Å²) in [6, 6.07) is 6.75. The van der Waals surface area contributed by atoms with Crippen LogP contribution in [-0.2, 0) is 9.53 Å². The van der Waals surface area contributed by atoms with Gasteiger partial charge in [-0.3, -0.25) is 0 Å². The number of rotatable bonds is 3. The average Bonchev–Trinajstić information content (AvgIpc) is 2.26. The number of carbonyl (C=O) groups excluding carboxylic acids is 1. The van der Waals surface area contributed by atoms with Gasteiger partial charge >= 0.3 is 5.97 Å². The van der Waals surface area contributed by atoms with E-state index in [0.29, 0.717) is 0 Å². The second kappa shape index (κ2) is 5.65. The zero-order valence-corrected chi connectivity index (χ0v) is 8.38. The molecule has 3 nitrogen and oxygen atoms in total. The fourth-order valence-corrected chi connectivity index (χ4v) is 0.954. The Morgan fingerprint density at radius 1 is 1.27 bits per heavy atom. The lowest BCUT2D eigenvalue weighted by molar-refractivity contribution is -0.134. The molecular formula is C12H12O3. The van der Waals surface area contributed by atoms with Crippen molar-refractivity contribution < 1.29 is 14.6 Å². The highest BCUT2D eigenvalue weighted by molar-refractivity contribution is 5.82. The Morgan fingerprint density at radius 2 is 1.93 bits per heavy atom. The van der Waals surface area contributed by atoms with Gasteiger partial charge in [-0.25, -0.2) is 4.79 Å².